The molecule has 7 heteroatoms. The molecule has 0 bridgehead atoms. The molecule has 2 N–H and O–H groups in total. The zero-order chi connectivity index (χ0) is 12.5. The molecule has 17 heavy (non-hydrogen) atoms. The fraction of sp³-hybridized carbons (Fsp3) is 0. The average molecular weight is 290 g/mol. The summed E-state index contributed by atoms with van der Waals surface area (Å²) in [5.74, 6) is 0.0760. The Morgan fingerprint density at radius 2 is 1.76 bits per heavy atom. The Kier molecular flexibility index (Phi) is 3.28. The maximum absolute atomic E-state index is 11.9. The lowest BCUT2D eigenvalue weighted by molar-refractivity contribution is 0.475. The van der Waals surface area contributed by atoms with E-state index in [4.69, 9.17) is 16.7 Å². The predicted octanol–water partition coefficient (Wildman–Crippen LogP) is 2.91. The number of halogens is 1. The van der Waals surface area contributed by atoms with Gasteiger partial charge in [-0.15, -0.1) is 11.3 Å². The zero-order valence-electron chi connectivity index (χ0n) is 8.42. The summed E-state index contributed by atoms with van der Waals surface area (Å²) in [6, 6.07) is 8.72. The van der Waals surface area contributed by atoms with Gasteiger partial charge >= 0.3 is 0 Å². The minimum atomic E-state index is -3.60. The van der Waals surface area contributed by atoms with Gasteiger partial charge in [0.1, 0.15) is 9.96 Å². The summed E-state index contributed by atoms with van der Waals surface area (Å²) in [4.78, 5) is 0. The van der Waals surface area contributed by atoms with Crippen LogP contribution in [0.2, 0.25) is 4.34 Å². The fourth-order valence-corrected chi connectivity index (χ4v) is 3.72. The number of phenolic OH excluding ortho intramolecular Hbond substituents is 1. The first-order valence-electron chi connectivity index (χ1n) is 4.54. The number of anilines is 1. The molecule has 0 saturated heterocycles. The number of phenols is 1. The average Bonchev–Trinajstić information content (AvgIpc) is 2.69. The van der Waals surface area contributed by atoms with E-state index >= 15 is 0 Å². The Labute approximate surface area is 108 Å². The van der Waals surface area contributed by atoms with Crippen molar-refractivity contribution in [3.8, 4) is 5.75 Å². The summed E-state index contributed by atoms with van der Waals surface area (Å²) in [6.07, 6.45) is 0. The van der Waals surface area contributed by atoms with Crippen molar-refractivity contribution >= 4 is 38.6 Å². The molecule has 1 aromatic heterocycles. The smallest absolute Gasteiger partial charge is 0.271 e. The highest BCUT2D eigenvalue weighted by Crippen LogP contribution is 2.27. The number of thiophene rings is 1. The van der Waals surface area contributed by atoms with Crippen LogP contribution in [0.1, 0.15) is 0 Å². The molecular weight excluding hydrogens is 282 g/mol. The van der Waals surface area contributed by atoms with Crippen LogP contribution in [0, 0.1) is 0 Å². The number of rotatable bonds is 3. The molecule has 1 aromatic carbocycles. The highest BCUT2D eigenvalue weighted by molar-refractivity contribution is 7.94. The number of nitrogens with one attached hydrogen (secondary N) is 1. The molecule has 0 atom stereocenters. The third kappa shape index (κ3) is 2.91. The van der Waals surface area contributed by atoms with Gasteiger partial charge in [-0.1, -0.05) is 11.6 Å². The van der Waals surface area contributed by atoms with Crippen molar-refractivity contribution < 1.29 is 13.5 Å². The van der Waals surface area contributed by atoms with Crippen molar-refractivity contribution in [1.82, 2.24) is 0 Å². The van der Waals surface area contributed by atoms with Gasteiger partial charge in [0.15, 0.2) is 0 Å². The van der Waals surface area contributed by atoms with Crippen LogP contribution in [-0.4, -0.2) is 13.5 Å². The SMILES string of the molecule is O=S(=O)(Nc1ccc(O)cc1)c1ccc(Cl)s1. The molecule has 2 aromatic rings. The number of sulfonamides is 1. The summed E-state index contributed by atoms with van der Waals surface area (Å²) in [5.41, 5.74) is 0.382. The largest absolute Gasteiger partial charge is 0.508 e. The van der Waals surface area contributed by atoms with Crippen molar-refractivity contribution in [3.63, 3.8) is 0 Å². The first kappa shape index (κ1) is 12.2. The molecule has 1 heterocycles. The van der Waals surface area contributed by atoms with Gasteiger partial charge in [-0.3, -0.25) is 4.72 Å². The third-order valence-corrected chi connectivity index (χ3v) is 5.04. The quantitative estimate of drug-likeness (QED) is 0.854. The van der Waals surface area contributed by atoms with E-state index in [2.05, 4.69) is 4.72 Å². The van der Waals surface area contributed by atoms with Crippen LogP contribution in [0.4, 0.5) is 5.69 Å². The normalized spacial score (nSPS) is 11.4. The van der Waals surface area contributed by atoms with Crippen molar-refractivity contribution in [2.75, 3.05) is 4.72 Å². The Hall–Kier alpha value is -1.24. The number of hydrogen-bond acceptors (Lipinski definition) is 4. The van der Waals surface area contributed by atoms with Gasteiger partial charge in [-0.2, -0.15) is 0 Å². The van der Waals surface area contributed by atoms with Crippen LogP contribution in [0.25, 0.3) is 0 Å². The van der Waals surface area contributed by atoms with Gasteiger partial charge in [0.2, 0.25) is 0 Å². The topological polar surface area (TPSA) is 66.4 Å². The number of benzene rings is 1. The van der Waals surface area contributed by atoms with Crippen LogP contribution in [-0.2, 0) is 10.0 Å². The zero-order valence-corrected chi connectivity index (χ0v) is 10.8. The lowest BCUT2D eigenvalue weighted by atomic mass is 10.3. The second-order valence-electron chi connectivity index (χ2n) is 3.21. The molecule has 2 rings (SSSR count). The van der Waals surface area contributed by atoms with E-state index in [-0.39, 0.29) is 9.96 Å². The number of hydrogen-bond donors (Lipinski definition) is 2. The molecule has 0 fully saturated rings. The molecule has 90 valence electrons. The Morgan fingerprint density at radius 3 is 2.29 bits per heavy atom. The highest BCUT2D eigenvalue weighted by Gasteiger charge is 2.16. The van der Waals surface area contributed by atoms with Gasteiger partial charge in [0.05, 0.1) is 4.34 Å². The van der Waals surface area contributed by atoms with Crippen molar-refractivity contribution in [1.29, 1.82) is 0 Å². The lowest BCUT2D eigenvalue weighted by Crippen LogP contribution is -2.11. The monoisotopic (exact) mass is 289 g/mol. The van der Waals surface area contributed by atoms with E-state index in [1.807, 2.05) is 0 Å². The van der Waals surface area contributed by atoms with Crippen LogP contribution >= 0.6 is 22.9 Å². The molecule has 0 unspecified atom stereocenters. The Balaban J connectivity index is 2.26. The molecule has 0 aliphatic carbocycles. The molecular formula is C10H8ClNO3S2. The Bertz CT molecular complexity index is 619. The molecule has 0 aliphatic heterocycles. The van der Waals surface area contributed by atoms with E-state index in [0.717, 1.165) is 11.3 Å². The van der Waals surface area contributed by atoms with E-state index < -0.39 is 10.0 Å². The highest BCUT2D eigenvalue weighted by atomic mass is 35.5. The van der Waals surface area contributed by atoms with Crippen LogP contribution in [0.15, 0.2) is 40.6 Å². The summed E-state index contributed by atoms with van der Waals surface area (Å²) < 4.78 is 26.7. The Morgan fingerprint density at radius 1 is 1.12 bits per heavy atom. The van der Waals surface area contributed by atoms with Crippen molar-refractivity contribution in [2.45, 2.75) is 4.21 Å². The van der Waals surface area contributed by atoms with Crippen LogP contribution in [0.5, 0.6) is 5.75 Å². The van der Waals surface area contributed by atoms with Gasteiger partial charge in [0.25, 0.3) is 10.0 Å². The second-order valence-corrected chi connectivity index (χ2v) is 6.84. The van der Waals surface area contributed by atoms with Gasteiger partial charge in [-0.25, -0.2) is 8.42 Å². The van der Waals surface area contributed by atoms with E-state index in [0.29, 0.717) is 10.0 Å². The van der Waals surface area contributed by atoms with Gasteiger partial charge in [-0.05, 0) is 36.4 Å². The lowest BCUT2D eigenvalue weighted by Gasteiger charge is -2.05. The first-order chi connectivity index (χ1) is 7.97. The predicted molar refractivity (Wildman–Crippen MR) is 68.2 cm³/mol. The van der Waals surface area contributed by atoms with Gasteiger partial charge in [0, 0.05) is 5.69 Å². The maximum Gasteiger partial charge on any atom is 0.271 e. The molecule has 0 spiro atoms. The van der Waals surface area contributed by atoms with Crippen molar-refractivity contribution in [2.24, 2.45) is 0 Å². The number of aromatic hydroxyl groups is 1. The van der Waals surface area contributed by atoms with E-state index in [1.165, 1.54) is 36.4 Å². The minimum Gasteiger partial charge on any atom is -0.508 e. The summed E-state index contributed by atoms with van der Waals surface area (Å²) in [6.45, 7) is 0. The first-order valence-corrected chi connectivity index (χ1v) is 7.22. The van der Waals surface area contributed by atoms with E-state index in [1.54, 1.807) is 0 Å². The molecule has 0 saturated carbocycles. The minimum absolute atomic E-state index is 0.0760. The summed E-state index contributed by atoms with van der Waals surface area (Å²) in [7, 11) is -3.60. The van der Waals surface area contributed by atoms with Gasteiger partial charge < -0.3 is 5.11 Å². The molecule has 0 amide bonds. The van der Waals surface area contributed by atoms with Crippen molar-refractivity contribution in [3.05, 3.63) is 40.7 Å². The molecule has 0 aliphatic rings. The third-order valence-electron chi connectivity index (χ3n) is 1.93. The van der Waals surface area contributed by atoms with Crippen LogP contribution in [0.3, 0.4) is 0 Å². The maximum atomic E-state index is 11.9. The summed E-state index contributed by atoms with van der Waals surface area (Å²) in [5, 5.41) is 9.08. The van der Waals surface area contributed by atoms with E-state index in [9.17, 15) is 8.42 Å². The van der Waals surface area contributed by atoms with Crippen LogP contribution < -0.4 is 4.72 Å². The summed E-state index contributed by atoms with van der Waals surface area (Å²) >= 11 is 6.67. The second kappa shape index (κ2) is 4.56. The fourth-order valence-electron chi connectivity index (χ4n) is 1.18. The molecule has 4 nitrogen and oxygen atoms in total. The standard InChI is InChI=1S/C10H8ClNO3S2/c11-9-5-6-10(16-9)17(14,15)12-7-1-3-8(13)4-2-7/h1-6,12-13H. The molecule has 0 radical (unpaired) electrons.